The Morgan fingerprint density at radius 2 is 0.887 bits per heavy atom. The molecular weight excluding hydrogens is 779 g/mol. The van der Waals surface area contributed by atoms with Crippen LogP contribution in [0.2, 0.25) is 0 Å². The van der Waals surface area contributed by atoms with Gasteiger partial charge in [-0.25, -0.2) is 4.79 Å². The normalized spacial score (nSPS) is 13.4. The van der Waals surface area contributed by atoms with Crippen molar-refractivity contribution in [1.82, 2.24) is 0 Å². The van der Waals surface area contributed by atoms with Gasteiger partial charge >= 0.3 is 17.9 Å². The molecule has 0 aromatic carbocycles. The van der Waals surface area contributed by atoms with Crippen LogP contribution < -0.4 is 0 Å². The number of carbonyl (C=O) groups excluding carboxylic acids is 2. The summed E-state index contributed by atoms with van der Waals surface area (Å²) in [6, 6.07) is 0. The predicted octanol–water partition coefficient (Wildman–Crippen LogP) is 13.7. The molecule has 0 saturated heterocycles. The first-order chi connectivity index (χ1) is 30.1. The molecule has 0 spiro atoms. The molecule has 0 rings (SSSR count). The molecule has 0 aliphatic carbocycles. The minimum Gasteiger partial charge on any atom is -0.477 e. The molecule has 0 saturated carbocycles. The maximum atomic E-state index is 12.8. The van der Waals surface area contributed by atoms with E-state index in [0.29, 0.717) is 17.4 Å². The van der Waals surface area contributed by atoms with Crippen molar-refractivity contribution in [1.29, 1.82) is 0 Å². The van der Waals surface area contributed by atoms with Crippen LogP contribution in [0.5, 0.6) is 0 Å². The number of hydrogen-bond acceptors (Lipinski definition) is 7. The SMILES string of the molecule is CCCC/C=C\C/C=C\CCCCCCCC(=O)OCC(COC(OCC[N+](C)(C)C)C(=O)O)OC(=O)CCCCCCCCCC/C=C\C/C=C\C/C=C\CCCCCCC. The first-order valence-corrected chi connectivity index (χ1v) is 25.0. The van der Waals surface area contributed by atoms with E-state index in [4.69, 9.17) is 18.9 Å². The Balaban J connectivity index is 4.38. The van der Waals surface area contributed by atoms with E-state index < -0.39 is 24.3 Å². The van der Waals surface area contributed by atoms with Gasteiger partial charge in [0.25, 0.3) is 6.29 Å². The smallest absolute Gasteiger partial charge is 0.361 e. The quantitative estimate of drug-likeness (QED) is 0.0212. The molecule has 0 aliphatic heterocycles. The van der Waals surface area contributed by atoms with Crippen LogP contribution in [0.1, 0.15) is 200 Å². The summed E-state index contributed by atoms with van der Waals surface area (Å²) in [4.78, 5) is 37.2. The molecule has 358 valence electrons. The number of likely N-dealkylation sites (N-methyl/N-ethyl adjacent to an activating group) is 1. The van der Waals surface area contributed by atoms with Gasteiger partial charge in [-0.2, -0.15) is 0 Å². The van der Waals surface area contributed by atoms with Gasteiger partial charge in [-0.3, -0.25) is 9.59 Å². The maximum Gasteiger partial charge on any atom is 0.361 e. The Hall–Kier alpha value is -3.01. The Bertz CT molecular complexity index is 1200. The highest BCUT2D eigenvalue weighted by Gasteiger charge is 2.25. The Labute approximate surface area is 380 Å². The third kappa shape index (κ3) is 45.0. The molecule has 0 aromatic heterocycles. The molecule has 0 aliphatic rings. The van der Waals surface area contributed by atoms with E-state index in [1.807, 2.05) is 21.1 Å². The van der Waals surface area contributed by atoms with Crippen molar-refractivity contribution in [2.24, 2.45) is 0 Å². The molecule has 0 heterocycles. The summed E-state index contributed by atoms with van der Waals surface area (Å²) < 4.78 is 22.8. The van der Waals surface area contributed by atoms with Gasteiger partial charge in [0.15, 0.2) is 6.10 Å². The van der Waals surface area contributed by atoms with E-state index in [-0.39, 0.29) is 38.6 Å². The summed E-state index contributed by atoms with van der Waals surface area (Å²) in [5.41, 5.74) is 0. The van der Waals surface area contributed by atoms with Crippen molar-refractivity contribution in [2.75, 3.05) is 47.5 Å². The fourth-order valence-corrected chi connectivity index (χ4v) is 6.56. The number of carboxylic acids is 1. The largest absolute Gasteiger partial charge is 0.477 e. The van der Waals surface area contributed by atoms with Gasteiger partial charge < -0.3 is 28.5 Å². The van der Waals surface area contributed by atoms with Gasteiger partial charge in [-0.15, -0.1) is 0 Å². The summed E-state index contributed by atoms with van der Waals surface area (Å²) in [6.45, 7) is 4.79. The second-order valence-electron chi connectivity index (χ2n) is 17.8. The van der Waals surface area contributed by atoms with Crippen LogP contribution in [0.4, 0.5) is 0 Å². The van der Waals surface area contributed by atoms with Gasteiger partial charge in [-0.1, -0.05) is 171 Å². The van der Waals surface area contributed by atoms with Gasteiger partial charge in [0.2, 0.25) is 0 Å². The van der Waals surface area contributed by atoms with Crippen molar-refractivity contribution < 1.29 is 42.9 Å². The summed E-state index contributed by atoms with van der Waals surface area (Å²) in [5, 5.41) is 9.66. The first-order valence-electron chi connectivity index (χ1n) is 25.0. The molecule has 62 heavy (non-hydrogen) atoms. The van der Waals surface area contributed by atoms with E-state index in [0.717, 1.165) is 89.9 Å². The fraction of sp³-hybridized carbons (Fsp3) is 0.755. The molecular formula is C53H94NO8+. The van der Waals surface area contributed by atoms with E-state index in [1.165, 1.54) is 77.0 Å². The highest BCUT2D eigenvalue weighted by molar-refractivity contribution is 5.71. The third-order valence-electron chi connectivity index (χ3n) is 10.5. The molecule has 2 unspecified atom stereocenters. The number of hydrogen-bond donors (Lipinski definition) is 1. The minimum absolute atomic E-state index is 0.181. The second-order valence-corrected chi connectivity index (χ2v) is 17.8. The van der Waals surface area contributed by atoms with Crippen LogP contribution in [0, 0.1) is 0 Å². The topological polar surface area (TPSA) is 108 Å². The van der Waals surface area contributed by atoms with Gasteiger partial charge in [-0.05, 0) is 77.0 Å². The lowest BCUT2D eigenvalue weighted by atomic mass is 10.1. The molecule has 0 fully saturated rings. The average molecular weight is 873 g/mol. The lowest BCUT2D eigenvalue weighted by Crippen LogP contribution is -2.40. The van der Waals surface area contributed by atoms with Crippen LogP contribution >= 0.6 is 0 Å². The van der Waals surface area contributed by atoms with E-state index in [2.05, 4.69) is 74.6 Å². The lowest BCUT2D eigenvalue weighted by Gasteiger charge is -2.25. The van der Waals surface area contributed by atoms with E-state index in [1.54, 1.807) is 0 Å². The van der Waals surface area contributed by atoms with Gasteiger partial charge in [0.05, 0.1) is 34.4 Å². The van der Waals surface area contributed by atoms with Crippen LogP contribution in [0.15, 0.2) is 60.8 Å². The summed E-state index contributed by atoms with van der Waals surface area (Å²) in [5.74, 6) is -2.04. The number of aliphatic carboxylic acids is 1. The summed E-state index contributed by atoms with van der Waals surface area (Å²) in [6.07, 6.45) is 51.3. The van der Waals surface area contributed by atoms with E-state index >= 15 is 0 Å². The van der Waals surface area contributed by atoms with Crippen LogP contribution in [0.3, 0.4) is 0 Å². The number of unbranched alkanes of at least 4 members (excludes halogenated alkanes) is 20. The summed E-state index contributed by atoms with van der Waals surface area (Å²) in [7, 11) is 5.95. The zero-order valence-electron chi connectivity index (χ0n) is 40.5. The van der Waals surface area contributed by atoms with Crippen LogP contribution in [-0.4, -0.2) is 87.4 Å². The van der Waals surface area contributed by atoms with Gasteiger partial charge in [0, 0.05) is 12.8 Å². The third-order valence-corrected chi connectivity index (χ3v) is 10.5. The molecule has 0 aromatic rings. The maximum absolute atomic E-state index is 12.8. The monoisotopic (exact) mass is 873 g/mol. The van der Waals surface area contributed by atoms with Crippen LogP contribution in [-0.2, 0) is 33.3 Å². The molecule has 0 radical (unpaired) electrons. The van der Waals surface area contributed by atoms with Crippen molar-refractivity contribution in [3.05, 3.63) is 60.8 Å². The average Bonchev–Trinajstić information content (AvgIpc) is 3.23. The molecule has 2 atom stereocenters. The number of carboxylic acid groups (broad SMARTS) is 1. The van der Waals surface area contributed by atoms with Crippen molar-refractivity contribution in [2.45, 2.75) is 212 Å². The molecule has 0 bridgehead atoms. The molecule has 9 nitrogen and oxygen atoms in total. The zero-order valence-corrected chi connectivity index (χ0v) is 40.5. The number of carbonyl (C=O) groups is 3. The number of ether oxygens (including phenoxy) is 4. The standard InChI is InChI=1S/C53H93NO8/c1-6-8-10-12-14-16-18-20-22-23-24-25-26-27-28-29-30-32-34-36-38-40-42-44-51(56)62-49(48-61-53(52(57)58)59-46-45-54(3,4)5)47-60-50(55)43-41-39-37-35-33-31-21-19-17-15-13-11-9-7-2/h13,15,18-21,23-24,26-27,49,53H,6-12,14,16-17,22,25,28-48H2,1-5H3/p+1/b15-13-,20-18-,21-19-,24-23-,27-26-. The number of nitrogens with zero attached hydrogens (tertiary/aromatic N) is 1. The van der Waals surface area contributed by atoms with Gasteiger partial charge in [0.1, 0.15) is 13.2 Å². The molecule has 9 heteroatoms. The number of esters is 2. The summed E-state index contributed by atoms with van der Waals surface area (Å²) >= 11 is 0. The van der Waals surface area contributed by atoms with Crippen molar-refractivity contribution in [3.8, 4) is 0 Å². The fourth-order valence-electron chi connectivity index (χ4n) is 6.56. The van der Waals surface area contributed by atoms with Crippen molar-refractivity contribution in [3.63, 3.8) is 0 Å². The zero-order chi connectivity index (χ0) is 45.6. The highest BCUT2D eigenvalue weighted by Crippen LogP contribution is 2.14. The number of allylic oxidation sites excluding steroid dienone is 10. The lowest BCUT2D eigenvalue weighted by molar-refractivity contribution is -0.870. The highest BCUT2D eigenvalue weighted by atomic mass is 16.7. The minimum atomic E-state index is -1.52. The number of quaternary nitrogens is 1. The Morgan fingerprint density at radius 3 is 1.34 bits per heavy atom. The Kier molecular flexibility index (Phi) is 42.4. The number of rotatable bonds is 45. The molecule has 0 amide bonds. The molecule has 1 N–H and O–H groups in total. The Morgan fingerprint density at radius 1 is 0.484 bits per heavy atom. The predicted molar refractivity (Wildman–Crippen MR) is 258 cm³/mol. The van der Waals surface area contributed by atoms with E-state index in [9.17, 15) is 19.5 Å². The second kappa shape index (κ2) is 44.6. The first kappa shape index (κ1) is 59.0. The van der Waals surface area contributed by atoms with Crippen LogP contribution in [0.25, 0.3) is 0 Å². The van der Waals surface area contributed by atoms with Crippen molar-refractivity contribution >= 4 is 17.9 Å².